The van der Waals surface area contributed by atoms with E-state index in [4.69, 9.17) is 10.5 Å². The summed E-state index contributed by atoms with van der Waals surface area (Å²) < 4.78 is 42.2. The van der Waals surface area contributed by atoms with Gasteiger partial charge in [-0.25, -0.2) is 4.79 Å². The van der Waals surface area contributed by atoms with Crippen molar-refractivity contribution < 1.29 is 32.3 Å². The van der Waals surface area contributed by atoms with Gasteiger partial charge in [-0.1, -0.05) is 0 Å². The number of nitrogens with two attached hydrogens (primary N) is 1. The predicted octanol–water partition coefficient (Wildman–Crippen LogP) is 0.945. The lowest BCUT2D eigenvalue weighted by Gasteiger charge is -2.39. The number of rotatable bonds is 5. The van der Waals surface area contributed by atoms with Gasteiger partial charge in [-0.15, -0.1) is 0 Å². The summed E-state index contributed by atoms with van der Waals surface area (Å²) in [4.78, 5) is 43.5. The van der Waals surface area contributed by atoms with E-state index in [0.717, 1.165) is 12.3 Å². The van der Waals surface area contributed by atoms with Crippen LogP contribution in [0.5, 0.6) is 0 Å². The molecule has 29 heavy (non-hydrogen) atoms. The summed E-state index contributed by atoms with van der Waals surface area (Å²) >= 11 is 0. The predicted molar refractivity (Wildman–Crippen MR) is 92.8 cm³/mol. The van der Waals surface area contributed by atoms with E-state index in [0.29, 0.717) is 25.6 Å². The number of carbonyl (C=O) groups excluding carboxylic acids is 3. The molecule has 0 saturated carbocycles. The summed E-state index contributed by atoms with van der Waals surface area (Å²) in [5.41, 5.74) is 4.57. The largest absolute Gasteiger partial charge is 0.447 e. The van der Waals surface area contributed by atoms with Crippen LogP contribution >= 0.6 is 0 Å². The minimum Gasteiger partial charge on any atom is -0.447 e. The van der Waals surface area contributed by atoms with Crippen molar-refractivity contribution in [2.24, 2.45) is 16.6 Å². The van der Waals surface area contributed by atoms with Crippen molar-refractivity contribution >= 4 is 23.7 Å². The standard InChI is InChI=1S/C17H18F3N5O4/c18-17(19,20)12-3-1-9(5-22-12)15(27)24-14(21)10-6-25(7-10)13(26)4-2-11-8-29-16(28)23-11/h1,3,5,10-11H,2,4,6-8H2,(H,23,28)(H2,21,24,27). The molecule has 1 aromatic heterocycles. The van der Waals surface area contributed by atoms with Crippen molar-refractivity contribution in [2.45, 2.75) is 25.1 Å². The minimum absolute atomic E-state index is 0.00963. The van der Waals surface area contributed by atoms with Crippen LogP contribution < -0.4 is 11.1 Å². The molecule has 3 N–H and O–H groups in total. The number of amidine groups is 1. The third-order valence-electron chi connectivity index (χ3n) is 4.63. The molecule has 3 heterocycles. The Morgan fingerprint density at radius 3 is 2.62 bits per heavy atom. The monoisotopic (exact) mass is 413 g/mol. The Kier molecular flexibility index (Phi) is 5.71. The van der Waals surface area contributed by atoms with E-state index in [1.807, 2.05) is 0 Å². The van der Waals surface area contributed by atoms with E-state index >= 15 is 0 Å². The summed E-state index contributed by atoms with van der Waals surface area (Å²) in [5, 5.41) is 2.58. The summed E-state index contributed by atoms with van der Waals surface area (Å²) in [6.45, 7) is 0.815. The smallest absolute Gasteiger partial charge is 0.433 e. The molecule has 1 atom stereocenters. The highest BCUT2D eigenvalue weighted by Gasteiger charge is 2.34. The molecular weight excluding hydrogens is 395 g/mol. The second kappa shape index (κ2) is 8.05. The molecule has 0 spiro atoms. The number of likely N-dealkylation sites (tertiary alicyclic amines) is 1. The number of alkyl halides is 3. The Hall–Kier alpha value is -3.18. The number of halogens is 3. The summed E-state index contributed by atoms with van der Waals surface area (Å²) in [5.74, 6) is -1.21. The zero-order valence-corrected chi connectivity index (χ0v) is 15.1. The Labute approximate surface area is 163 Å². The van der Waals surface area contributed by atoms with Gasteiger partial charge >= 0.3 is 12.3 Å². The van der Waals surface area contributed by atoms with Crippen LogP contribution in [0.25, 0.3) is 0 Å². The number of hydrogen-bond acceptors (Lipinski definition) is 5. The lowest BCUT2D eigenvalue weighted by atomic mass is 9.97. The van der Waals surface area contributed by atoms with Crippen molar-refractivity contribution in [1.29, 1.82) is 0 Å². The topological polar surface area (TPSA) is 127 Å². The van der Waals surface area contributed by atoms with Gasteiger partial charge in [-0.2, -0.15) is 18.2 Å². The van der Waals surface area contributed by atoms with Crippen LogP contribution in [0, 0.1) is 5.92 Å². The molecule has 1 unspecified atom stereocenters. The molecule has 2 aliphatic heterocycles. The fourth-order valence-electron chi connectivity index (χ4n) is 2.87. The van der Waals surface area contributed by atoms with E-state index in [2.05, 4.69) is 15.3 Å². The fourth-order valence-corrected chi connectivity index (χ4v) is 2.87. The Morgan fingerprint density at radius 2 is 2.07 bits per heavy atom. The van der Waals surface area contributed by atoms with Gasteiger partial charge in [0.2, 0.25) is 5.91 Å². The summed E-state index contributed by atoms with van der Waals surface area (Å²) in [7, 11) is 0. The number of hydrogen-bond donors (Lipinski definition) is 2. The van der Waals surface area contributed by atoms with Crippen LogP contribution in [-0.2, 0) is 15.7 Å². The van der Waals surface area contributed by atoms with Crippen LogP contribution in [0.4, 0.5) is 18.0 Å². The molecule has 9 nitrogen and oxygen atoms in total. The number of pyridine rings is 1. The zero-order valence-electron chi connectivity index (χ0n) is 15.1. The van der Waals surface area contributed by atoms with Gasteiger partial charge in [0.05, 0.1) is 17.5 Å². The highest BCUT2D eigenvalue weighted by atomic mass is 19.4. The first kappa shape index (κ1) is 20.6. The number of amides is 3. The molecule has 2 aliphatic rings. The molecule has 2 fully saturated rings. The van der Waals surface area contributed by atoms with Crippen LogP contribution in [0.1, 0.15) is 28.9 Å². The molecule has 12 heteroatoms. The molecule has 3 amide bonds. The quantitative estimate of drug-likeness (QED) is 0.547. The van der Waals surface area contributed by atoms with Crippen LogP contribution in [0.3, 0.4) is 0 Å². The van der Waals surface area contributed by atoms with Crippen molar-refractivity contribution in [3.8, 4) is 0 Å². The Morgan fingerprint density at radius 1 is 1.34 bits per heavy atom. The van der Waals surface area contributed by atoms with Crippen molar-refractivity contribution in [2.75, 3.05) is 19.7 Å². The zero-order chi connectivity index (χ0) is 21.2. The van der Waals surface area contributed by atoms with Gasteiger partial charge < -0.3 is 20.7 Å². The number of cyclic esters (lactones) is 1. The maximum Gasteiger partial charge on any atom is 0.433 e. The number of carbonyl (C=O) groups is 3. The van der Waals surface area contributed by atoms with E-state index in [1.54, 1.807) is 4.90 Å². The molecule has 1 aromatic rings. The van der Waals surface area contributed by atoms with Gasteiger partial charge in [0.15, 0.2) is 0 Å². The second-order valence-corrected chi connectivity index (χ2v) is 6.75. The first-order valence-corrected chi connectivity index (χ1v) is 8.76. The minimum atomic E-state index is -4.60. The van der Waals surface area contributed by atoms with Gasteiger partial charge in [-0.05, 0) is 18.6 Å². The molecule has 0 aromatic carbocycles. The maximum atomic E-state index is 12.5. The lowest BCUT2D eigenvalue weighted by molar-refractivity contribution is -0.141. The third-order valence-corrected chi connectivity index (χ3v) is 4.63. The molecule has 156 valence electrons. The average molecular weight is 413 g/mol. The van der Waals surface area contributed by atoms with Crippen molar-refractivity contribution in [3.63, 3.8) is 0 Å². The van der Waals surface area contributed by atoms with E-state index < -0.39 is 23.9 Å². The molecule has 2 saturated heterocycles. The summed E-state index contributed by atoms with van der Waals surface area (Å²) in [6, 6.07) is 1.49. The molecule has 3 rings (SSSR count). The fraction of sp³-hybridized carbons (Fsp3) is 0.471. The second-order valence-electron chi connectivity index (χ2n) is 6.75. The van der Waals surface area contributed by atoms with Gasteiger partial charge in [0.1, 0.15) is 18.1 Å². The average Bonchev–Trinajstić information content (AvgIpc) is 3.03. The molecule has 0 bridgehead atoms. The highest BCUT2D eigenvalue weighted by Crippen LogP contribution is 2.27. The maximum absolute atomic E-state index is 12.5. The molecule has 0 aliphatic carbocycles. The van der Waals surface area contributed by atoms with E-state index in [1.165, 1.54) is 0 Å². The number of alkyl carbamates (subject to hydrolysis) is 1. The third kappa shape index (κ3) is 5.00. The number of aromatic nitrogens is 1. The SMILES string of the molecule is NC(=NC(=O)c1ccc(C(F)(F)F)nc1)C1CN(C(=O)CCC2COC(=O)N2)C1. The lowest BCUT2D eigenvalue weighted by Crippen LogP contribution is -2.55. The Bertz CT molecular complexity index is 834. The van der Waals surface area contributed by atoms with E-state index in [9.17, 15) is 27.6 Å². The number of aliphatic imine (C=N–C) groups is 1. The van der Waals surface area contributed by atoms with E-state index in [-0.39, 0.29) is 42.3 Å². The highest BCUT2D eigenvalue weighted by molar-refractivity contribution is 6.03. The van der Waals surface area contributed by atoms with Crippen LogP contribution in [0.15, 0.2) is 23.3 Å². The number of nitrogens with one attached hydrogen (secondary N) is 1. The first-order chi connectivity index (χ1) is 13.6. The Balaban J connectivity index is 1.47. The number of ether oxygens (including phenoxy) is 1. The first-order valence-electron chi connectivity index (χ1n) is 8.76. The normalized spacial score (nSPS) is 20.1. The number of nitrogens with zero attached hydrogens (tertiary/aromatic N) is 3. The van der Waals surface area contributed by atoms with Gasteiger partial charge in [0, 0.05) is 25.7 Å². The van der Waals surface area contributed by atoms with Crippen LogP contribution in [0.2, 0.25) is 0 Å². The summed E-state index contributed by atoms with van der Waals surface area (Å²) in [6.07, 6.45) is -3.61. The van der Waals surface area contributed by atoms with Crippen molar-refractivity contribution in [3.05, 3.63) is 29.6 Å². The van der Waals surface area contributed by atoms with Gasteiger partial charge in [0.25, 0.3) is 5.91 Å². The van der Waals surface area contributed by atoms with Crippen molar-refractivity contribution in [1.82, 2.24) is 15.2 Å². The van der Waals surface area contributed by atoms with Gasteiger partial charge in [-0.3, -0.25) is 14.6 Å². The van der Waals surface area contributed by atoms with Crippen LogP contribution in [-0.4, -0.2) is 59.4 Å². The molecular formula is C17H18F3N5O4. The molecule has 0 radical (unpaired) electrons.